The zero-order valence-corrected chi connectivity index (χ0v) is 11.7. The van der Waals surface area contributed by atoms with E-state index in [1.807, 2.05) is 13.8 Å². The Kier molecular flexibility index (Phi) is 3.90. The number of ether oxygens (including phenoxy) is 1. The van der Waals surface area contributed by atoms with Crippen LogP contribution in [0, 0.1) is 5.82 Å². The van der Waals surface area contributed by atoms with Gasteiger partial charge in [0, 0.05) is 5.56 Å². The van der Waals surface area contributed by atoms with Crippen molar-refractivity contribution in [3.63, 3.8) is 0 Å². The zero-order chi connectivity index (χ0) is 14.0. The lowest BCUT2D eigenvalue weighted by Gasteiger charge is -2.33. The van der Waals surface area contributed by atoms with Crippen molar-refractivity contribution in [1.29, 1.82) is 0 Å². The maximum absolute atomic E-state index is 13.7. The topological polar surface area (TPSA) is 29.5 Å². The molecule has 1 aromatic rings. The van der Waals surface area contributed by atoms with Gasteiger partial charge >= 0.3 is 0 Å². The molecule has 0 N–H and O–H groups in total. The van der Waals surface area contributed by atoms with E-state index < -0.39 is 11.4 Å². The van der Waals surface area contributed by atoms with Gasteiger partial charge in [-0.1, -0.05) is 0 Å². The molecule has 0 saturated carbocycles. The van der Waals surface area contributed by atoms with Crippen molar-refractivity contribution < 1.29 is 13.9 Å². The summed E-state index contributed by atoms with van der Waals surface area (Å²) in [6, 6.07) is 4.39. The van der Waals surface area contributed by atoms with Crippen LogP contribution in [0.5, 0.6) is 5.75 Å². The highest BCUT2D eigenvalue weighted by Crippen LogP contribution is 2.27. The monoisotopic (exact) mass is 265 g/mol. The molecule has 4 heteroatoms. The molecular formula is C15H20FNO2. The van der Waals surface area contributed by atoms with E-state index in [4.69, 9.17) is 4.74 Å². The minimum absolute atomic E-state index is 0.0454. The minimum Gasteiger partial charge on any atom is -0.494 e. The zero-order valence-electron chi connectivity index (χ0n) is 11.7. The molecule has 0 amide bonds. The Balaban J connectivity index is 2.25. The van der Waals surface area contributed by atoms with E-state index in [1.54, 1.807) is 6.07 Å². The number of rotatable bonds is 4. The fraction of sp³-hybridized carbons (Fsp3) is 0.533. The van der Waals surface area contributed by atoms with Crippen molar-refractivity contribution in [2.24, 2.45) is 0 Å². The highest BCUT2D eigenvalue weighted by Gasteiger charge is 2.36. The number of halogens is 1. The van der Waals surface area contributed by atoms with Crippen LogP contribution in [0.1, 0.15) is 37.0 Å². The molecule has 0 atom stereocenters. The van der Waals surface area contributed by atoms with Crippen LogP contribution in [0.3, 0.4) is 0 Å². The highest BCUT2D eigenvalue weighted by molar-refractivity contribution is 6.02. The number of methoxy groups -OCH3 is 1. The molecule has 1 aliphatic heterocycles. The predicted octanol–water partition coefficient (Wildman–Crippen LogP) is 2.89. The van der Waals surface area contributed by atoms with Crippen LogP contribution < -0.4 is 4.74 Å². The number of ketones is 1. The molecule has 0 radical (unpaired) electrons. The SMILES string of the molecule is COc1ccc(C(=O)C(C)(C)N2CCCC2)cc1F. The fourth-order valence-electron chi connectivity index (χ4n) is 2.58. The number of carbonyl (C=O) groups excluding carboxylic acids is 1. The fourth-order valence-corrected chi connectivity index (χ4v) is 2.58. The maximum Gasteiger partial charge on any atom is 0.182 e. The summed E-state index contributed by atoms with van der Waals surface area (Å²) in [4.78, 5) is 14.7. The molecule has 0 spiro atoms. The number of likely N-dealkylation sites (tertiary alicyclic amines) is 1. The van der Waals surface area contributed by atoms with Crippen LogP contribution in [0.15, 0.2) is 18.2 Å². The lowest BCUT2D eigenvalue weighted by Crippen LogP contribution is -2.48. The second kappa shape index (κ2) is 5.29. The Morgan fingerprint density at radius 1 is 1.32 bits per heavy atom. The molecule has 1 aromatic carbocycles. The largest absolute Gasteiger partial charge is 0.494 e. The van der Waals surface area contributed by atoms with Gasteiger partial charge in [-0.15, -0.1) is 0 Å². The summed E-state index contributed by atoms with van der Waals surface area (Å²) in [6.07, 6.45) is 2.24. The maximum atomic E-state index is 13.7. The molecule has 0 aromatic heterocycles. The third-order valence-corrected chi connectivity index (χ3v) is 3.87. The molecule has 2 rings (SSSR count). The van der Waals surface area contributed by atoms with Crippen LogP contribution >= 0.6 is 0 Å². The van der Waals surface area contributed by atoms with E-state index in [0.717, 1.165) is 25.9 Å². The van der Waals surface area contributed by atoms with Crippen molar-refractivity contribution in [2.75, 3.05) is 20.2 Å². The predicted molar refractivity (Wildman–Crippen MR) is 72.2 cm³/mol. The first kappa shape index (κ1) is 14.0. The summed E-state index contributed by atoms with van der Waals surface area (Å²) in [5, 5.41) is 0. The molecule has 0 aliphatic carbocycles. The van der Waals surface area contributed by atoms with Crippen molar-refractivity contribution in [2.45, 2.75) is 32.2 Å². The van der Waals surface area contributed by atoms with Gasteiger partial charge in [-0.2, -0.15) is 0 Å². The van der Waals surface area contributed by atoms with Crippen molar-refractivity contribution >= 4 is 5.78 Å². The third-order valence-electron chi connectivity index (χ3n) is 3.87. The van der Waals surface area contributed by atoms with Crippen LogP contribution in [-0.2, 0) is 0 Å². The van der Waals surface area contributed by atoms with Crippen molar-refractivity contribution in [3.8, 4) is 5.75 Å². The average molecular weight is 265 g/mol. The smallest absolute Gasteiger partial charge is 0.182 e. The van der Waals surface area contributed by atoms with E-state index in [9.17, 15) is 9.18 Å². The van der Waals surface area contributed by atoms with Crippen LogP contribution in [0.25, 0.3) is 0 Å². The molecular weight excluding hydrogens is 245 g/mol. The summed E-state index contributed by atoms with van der Waals surface area (Å²) in [6.45, 7) is 5.67. The first-order valence-corrected chi connectivity index (χ1v) is 6.60. The Labute approximate surface area is 113 Å². The Bertz CT molecular complexity index is 479. The molecule has 1 fully saturated rings. The third kappa shape index (κ3) is 2.63. The molecule has 104 valence electrons. The summed E-state index contributed by atoms with van der Waals surface area (Å²) in [5.74, 6) is -0.378. The molecule has 1 saturated heterocycles. The number of nitrogens with zero attached hydrogens (tertiary/aromatic N) is 1. The van der Waals surface area contributed by atoms with Gasteiger partial charge in [0.05, 0.1) is 12.6 Å². The normalized spacial score (nSPS) is 16.6. The van der Waals surface area contributed by atoms with Gasteiger partial charge < -0.3 is 4.74 Å². The molecule has 19 heavy (non-hydrogen) atoms. The molecule has 1 aliphatic rings. The van der Waals surface area contributed by atoms with E-state index in [2.05, 4.69) is 4.90 Å². The van der Waals surface area contributed by atoms with Crippen LogP contribution in [-0.4, -0.2) is 36.4 Å². The summed E-state index contributed by atoms with van der Waals surface area (Å²) >= 11 is 0. The number of hydrogen-bond donors (Lipinski definition) is 0. The Morgan fingerprint density at radius 3 is 2.47 bits per heavy atom. The van der Waals surface area contributed by atoms with Gasteiger partial charge in [0.1, 0.15) is 0 Å². The van der Waals surface area contributed by atoms with Gasteiger partial charge in [0.15, 0.2) is 17.3 Å². The average Bonchev–Trinajstić information content (AvgIpc) is 2.92. The molecule has 3 nitrogen and oxygen atoms in total. The van der Waals surface area contributed by atoms with E-state index in [-0.39, 0.29) is 11.5 Å². The lowest BCUT2D eigenvalue weighted by atomic mass is 9.91. The Hall–Kier alpha value is -1.42. The lowest BCUT2D eigenvalue weighted by molar-refractivity contribution is 0.0702. The minimum atomic E-state index is -0.586. The van der Waals surface area contributed by atoms with Crippen LogP contribution in [0.4, 0.5) is 4.39 Å². The van der Waals surface area contributed by atoms with Gasteiger partial charge in [-0.3, -0.25) is 9.69 Å². The van der Waals surface area contributed by atoms with Gasteiger partial charge in [0.25, 0.3) is 0 Å². The number of hydrogen-bond acceptors (Lipinski definition) is 3. The Morgan fingerprint density at radius 2 is 1.95 bits per heavy atom. The van der Waals surface area contributed by atoms with Crippen molar-refractivity contribution in [3.05, 3.63) is 29.6 Å². The summed E-state index contributed by atoms with van der Waals surface area (Å²) in [7, 11) is 1.41. The number of Topliss-reactive ketones (excluding diaryl/α,β-unsaturated/α-hetero) is 1. The standard InChI is InChI=1S/C15H20FNO2/c1-15(2,17-8-4-5-9-17)14(18)11-6-7-13(19-3)12(16)10-11/h6-7,10H,4-5,8-9H2,1-3H3. The van der Waals surface area contributed by atoms with Crippen molar-refractivity contribution in [1.82, 2.24) is 4.90 Å². The molecule has 0 bridgehead atoms. The first-order chi connectivity index (χ1) is 8.96. The summed E-state index contributed by atoms with van der Waals surface area (Å²) in [5.41, 5.74) is -0.187. The van der Waals surface area contributed by atoms with Gasteiger partial charge in [0.2, 0.25) is 0 Å². The number of benzene rings is 1. The van der Waals surface area contributed by atoms with E-state index in [0.29, 0.717) is 5.56 Å². The van der Waals surface area contributed by atoms with Crippen LogP contribution in [0.2, 0.25) is 0 Å². The number of carbonyl (C=O) groups is 1. The second-order valence-electron chi connectivity index (χ2n) is 5.43. The highest BCUT2D eigenvalue weighted by atomic mass is 19.1. The summed E-state index contributed by atoms with van der Waals surface area (Å²) < 4.78 is 18.6. The molecule has 0 unspecified atom stereocenters. The molecule has 1 heterocycles. The van der Waals surface area contributed by atoms with E-state index >= 15 is 0 Å². The van der Waals surface area contributed by atoms with Gasteiger partial charge in [-0.25, -0.2) is 4.39 Å². The second-order valence-corrected chi connectivity index (χ2v) is 5.43. The van der Waals surface area contributed by atoms with E-state index in [1.165, 1.54) is 19.2 Å². The van der Waals surface area contributed by atoms with Gasteiger partial charge in [-0.05, 0) is 58.0 Å². The quantitative estimate of drug-likeness (QED) is 0.784. The first-order valence-electron chi connectivity index (χ1n) is 6.60.